The first-order valence-electron chi connectivity index (χ1n) is 6.21. The lowest BCUT2D eigenvalue weighted by atomic mass is 10.2. The van der Waals surface area contributed by atoms with Gasteiger partial charge in [-0.05, 0) is 49.5 Å². The van der Waals surface area contributed by atoms with Gasteiger partial charge in [-0.1, -0.05) is 12.1 Å². The van der Waals surface area contributed by atoms with E-state index in [9.17, 15) is 4.39 Å². The summed E-state index contributed by atoms with van der Waals surface area (Å²) in [4.78, 5) is 6.39. The highest BCUT2D eigenvalue weighted by Crippen LogP contribution is 2.10. The first-order chi connectivity index (χ1) is 9.13. The smallest absolute Gasteiger partial charge is 0.126 e. The molecule has 19 heavy (non-hydrogen) atoms. The van der Waals surface area contributed by atoms with Crippen molar-refractivity contribution in [3.63, 3.8) is 0 Å². The van der Waals surface area contributed by atoms with Crippen molar-refractivity contribution in [1.82, 2.24) is 9.88 Å². The number of aromatic nitrogens is 1. The Morgan fingerprint density at radius 2 is 1.84 bits per heavy atom. The van der Waals surface area contributed by atoms with Gasteiger partial charge in [0, 0.05) is 19.3 Å². The van der Waals surface area contributed by atoms with E-state index in [0.717, 1.165) is 17.9 Å². The summed E-state index contributed by atoms with van der Waals surface area (Å²) in [5, 5.41) is 3.24. The summed E-state index contributed by atoms with van der Waals surface area (Å²) in [5.74, 6) is 0.624. The number of hydrogen-bond acceptors (Lipinski definition) is 3. The molecule has 0 unspecified atom stereocenters. The molecule has 0 fully saturated rings. The van der Waals surface area contributed by atoms with E-state index in [-0.39, 0.29) is 5.82 Å². The van der Waals surface area contributed by atoms with Crippen LogP contribution in [0.4, 0.5) is 10.2 Å². The van der Waals surface area contributed by atoms with Crippen molar-refractivity contribution in [2.24, 2.45) is 0 Å². The second-order valence-corrected chi connectivity index (χ2v) is 4.77. The largest absolute Gasteiger partial charge is 0.366 e. The molecule has 2 aromatic rings. The van der Waals surface area contributed by atoms with Gasteiger partial charge in [0.25, 0.3) is 0 Å². The van der Waals surface area contributed by atoms with Gasteiger partial charge in [0.1, 0.15) is 11.6 Å². The van der Waals surface area contributed by atoms with Crippen molar-refractivity contribution >= 4 is 5.82 Å². The molecule has 0 atom stereocenters. The summed E-state index contributed by atoms with van der Waals surface area (Å²) in [5.41, 5.74) is 2.24. The molecule has 100 valence electrons. The summed E-state index contributed by atoms with van der Waals surface area (Å²) in [6.45, 7) is 1.52. The topological polar surface area (TPSA) is 28.2 Å². The molecule has 0 aliphatic carbocycles. The van der Waals surface area contributed by atoms with Gasteiger partial charge < -0.3 is 10.2 Å². The molecule has 0 spiro atoms. The van der Waals surface area contributed by atoms with Crippen LogP contribution in [0.25, 0.3) is 0 Å². The van der Waals surface area contributed by atoms with Gasteiger partial charge in [-0.15, -0.1) is 0 Å². The van der Waals surface area contributed by atoms with Crippen LogP contribution in [0.2, 0.25) is 0 Å². The number of nitrogens with one attached hydrogen (secondary N) is 1. The highest BCUT2D eigenvalue weighted by atomic mass is 19.1. The van der Waals surface area contributed by atoms with Crippen molar-refractivity contribution in [1.29, 1.82) is 0 Å². The third kappa shape index (κ3) is 4.34. The van der Waals surface area contributed by atoms with Crippen LogP contribution < -0.4 is 5.32 Å². The van der Waals surface area contributed by atoms with Crippen molar-refractivity contribution in [2.75, 3.05) is 19.4 Å². The Hall–Kier alpha value is -1.94. The van der Waals surface area contributed by atoms with Gasteiger partial charge in [-0.25, -0.2) is 9.37 Å². The minimum atomic E-state index is -0.213. The van der Waals surface area contributed by atoms with Gasteiger partial charge in [0.05, 0.1) is 0 Å². The Balaban J connectivity index is 1.97. The molecule has 0 radical (unpaired) electrons. The maximum Gasteiger partial charge on any atom is 0.126 e. The van der Waals surface area contributed by atoms with Crippen LogP contribution in [0.5, 0.6) is 0 Å². The molecule has 2 rings (SSSR count). The van der Waals surface area contributed by atoms with Crippen molar-refractivity contribution < 1.29 is 4.39 Å². The van der Waals surface area contributed by atoms with E-state index in [2.05, 4.69) is 15.2 Å². The number of nitrogens with zero attached hydrogens (tertiary/aromatic N) is 2. The average molecular weight is 259 g/mol. The van der Waals surface area contributed by atoms with Crippen LogP contribution in [0.1, 0.15) is 11.1 Å². The Kier molecular flexibility index (Phi) is 4.47. The number of benzene rings is 1. The van der Waals surface area contributed by atoms with Crippen LogP contribution in [0.3, 0.4) is 0 Å². The third-order valence-corrected chi connectivity index (χ3v) is 2.71. The Labute approximate surface area is 113 Å². The number of anilines is 1. The van der Waals surface area contributed by atoms with Crippen LogP contribution in [-0.4, -0.2) is 24.0 Å². The molecule has 1 aromatic heterocycles. The van der Waals surface area contributed by atoms with E-state index in [4.69, 9.17) is 0 Å². The number of hydrogen-bond donors (Lipinski definition) is 1. The van der Waals surface area contributed by atoms with Crippen molar-refractivity contribution in [3.05, 3.63) is 59.5 Å². The number of pyridine rings is 1. The molecule has 1 N–H and O–H groups in total. The fourth-order valence-corrected chi connectivity index (χ4v) is 1.83. The molecular weight excluding hydrogens is 241 g/mol. The lowest BCUT2D eigenvalue weighted by Gasteiger charge is -2.11. The molecule has 1 aromatic carbocycles. The van der Waals surface area contributed by atoms with E-state index in [1.54, 1.807) is 18.3 Å². The highest BCUT2D eigenvalue weighted by molar-refractivity contribution is 5.38. The van der Waals surface area contributed by atoms with Gasteiger partial charge in [0.2, 0.25) is 0 Å². The number of rotatable bonds is 5. The first kappa shape index (κ1) is 13.5. The molecule has 3 nitrogen and oxygen atoms in total. The van der Waals surface area contributed by atoms with E-state index < -0.39 is 0 Å². The van der Waals surface area contributed by atoms with E-state index in [1.807, 2.05) is 26.2 Å². The summed E-state index contributed by atoms with van der Waals surface area (Å²) in [6, 6.07) is 10.5. The monoisotopic (exact) mass is 259 g/mol. The minimum absolute atomic E-state index is 0.213. The van der Waals surface area contributed by atoms with Crippen LogP contribution in [-0.2, 0) is 13.1 Å². The molecule has 0 amide bonds. The zero-order valence-corrected chi connectivity index (χ0v) is 11.2. The van der Waals surface area contributed by atoms with Crippen molar-refractivity contribution in [3.8, 4) is 0 Å². The second kappa shape index (κ2) is 6.29. The van der Waals surface area contributed by atoms with E-state index in [1.165, 1.54) is 17.7 Å². The fraction of sp³-hybridized carbons (Fsp3) is 0.267. The Morgan fingerprint density at radius 1 is 1.11 bits per heavy atom. The summed E-state index contributed by atoms with van der Waals surface area (Å²) < 4.78 is 12.8. The van der Waals surface area contributed by atoms with Crippen LogP contribution in [0, 0.1) is 5.82 Å². The molecule has 0 aliphatic heterocycles. The first-order valence-corrected chi connectivity index (χ1v) is 6.21. The molecule has 1 heterocycles. The van der Waals surface area contributed by atoms with E-state index in [0.29, 0.717) is 6.54 Å². The SMILES string of the molecule is CN(C)Cc1ccnc(NCc2ccc(F)cc2)c1. The zero-order valence-electron chi connectivity index (χ0n) is 11.2. The Bertz CT molecular complexity index is 523. The predicted octanol–water partition coefficient (Wildman–Crippen LogP) is 2.89. The molecular formula is C15H18FN3. The Morgan fingerprint density at radius 3 is 2.53 bits per heavy atom. The molecule has 4 heteroatoms. The lowest BCUT2D eigenvalue weighted by Crippen LogP contribution is -2.11. The van der Waals surface area contributed by atoms with Gasteiger partial charge in [-0.2, -0.15) is 0 Å². The van der Waals surface area contributed by atoms with Crippen LogP contribution >= 0.6 is 0 Å². The quantitative estimate of drug-likeness (QED) is 0.895. The standard InChI is InChI=1S/C15H18FN3/c1-19(2)11-13-7-8-17-15(9-13)18-10-12-3-5-14(16)6-4-12/h3-9H,10-11H2,1-2H3,(H,17,18). The number of halogens is 1. The normalized spacial score (nSPS) is 10.7. The highest BCUT2D eigenvalue weighted by Gasteiger charge is 1.99. The fourth-order valence-electron chi connectivity index (χ4n) is 1.83. The lowest BCUT2D eigenvalue weighted by molar-refractivity contribution is 0.402. The van der Waals surface area contributed by atoms with Gasteiger partial charge in [-0.3, -0.25) is 0 Å². The maximum atomic E-state index is 12.8. The maximum absolute atomic E-state index is 12.8. The van der Waals surface area contributed by atoms with Crippen molar-refractivity contribution in [2.45, 2.75) is 13.1 Å². The third-order valence-electron chi connectivity index (χ3n) is 2.71. The van der Waals surface area contributed by atoms with E-state index >= 15 is 0 Å². The molecule has 0 saturated carbocycles. The average Bonchev–Trinajstić information content (AvgIpc) is 2.38. The summed E-state index contributed by atoms with van der Waals surface area (Å²) in [6.07, 6.45) is 1.80. The van der Waals surface area contributed by atoms with Gasteiger partial charge >= 0.3 is 0 Å². The van der Waals surface area contributed by atoms with Gasteiger partial charge in [0.15, 0.2) is 0 Å². The van der Waals surface area contributed by atoms with Crippen LogP contribution in [0.15, 0.2) is 42.6 Å². The predicted molar refractivity (Wildman–Crippen MR) is 75.4 cm³/mol. The minimum Gasteiger partial charge on any atom is -0.366 e. The summed E-state index contributed by atoms with van der Waals surface area (Å²) >= 11 is 0. The molecule has 0 bridgehead atoms. The summed E-state index contributed by atoms with van der Waals surface area (Å²) in [7, 11) is 4.07. The second-order valence-electron chi connectivity index (χ2n) is 4.77. The zero-order chi connectivity index (χ0) is 13.7. The molecule has 0 saturated heterocycles. The molecule has 0 aliphatic rings.